The number of ether oxygens (including phenoxy) is 2. The Morgan fingerprint density at radius 1 is 1.33 bits per heavy atom. The number of rotatable bonds is 4. The molecule has 0 aliphatic carbocycles. The highest BCUT2D eigenvalue weighted by Gasteiger charge is 2.40. The molecule has 0 spiro atoms. The molecular weight excluding hydrogens is 304 g/mol. The normalized spacial score (nSPS) is 19.3. The second-order valence-corrected chi connectivity index (χ2v) is 6.42. The van der Waals surface area contributed by atoms with Crippen LogP contribution < -0.4 is 14.8 Å². The second-order valence-electron chi connectivity index (χ2n) is 6.42. The van der Waals surface area contributed by atoms with Gasteiger partial charge in [0.15, 0.2) is 5.75 Å². The summed E-state index contributed by atoms with van der Waals surface area (Å²) in [4.78, 5) is 17.1. The summed E-state index contributed by atoms with van der Waals surface area (Å²) in [6.45, 7) is 6.35. The quantitative estimate of drug-likeness (QED) is 0.933. The Morgan fingerprint density at radius 3 is 2.92 bits per heavy atom. The molecule has 1 aliphatic rings. The molecule has 1 atom stereocenters. The predicted molar refractivity (Wildman–Crippen MR) is 92.5 cm³/mol. The number of carbonyl (C=O) groups is 1. The van der Waals surface area contributed by atoms with Crippen LogP contribution in [-0.2, 0) is 10.2 Å². The topological polar surface area (TPSA) is 60.5 Å². The van der Waals surface area contributed by atoms with Crippen molar-refractivity contribution in [3.05, 3.63) is 48.3 Å². The summed E-state index contributed by atoms with van der Waals surface area (Å²) in [7, 11) is 0. The van der Waals surface area contributed by atoms with Crippen LogP contribution in [0.4, 0.5) is 5.69 Å². The lowest BCUT2D eigenvalue weighted by Crippen LogP contribution is -2.41. The van der Waals surface area contributed by atoms with E-state index in [4.69, 9.17) is 9.47 Å². The van der Waals surface area contributed by atoms with Crippen LogP contribution in [0.1, 0.15) is 32.8 Å². The van der Waals surface area contributed by atoms with E-state index in [2.05, 4.69) is 10.3 Å². The van der Waals surface area contributed by atoms with Crippen molar-refractivity contribution in [2.24, 2.45) is 0 Å². The van der Waals surface area contributed by atoms with Gasteiger partial charge in [-0.05, 0) is 39.3 Å². The number of nitrogens with one attached hydrogen (secondary N) is 1. The highest BCUT2D eigenvalue weighted by atomic mass is 16.5. The summed E-state index contributed by atoms with van der Waals surface area (Å²) in [6.07, 6.45) is 3.89. The molecule has 1 amide bonds. The monoisotopic (exact) mass is 326 g/mol. The van der Waals surface area contributed by atoms with E-state index in [1.807, 2.05) is 45.0 Å². The number of hydrogen-bond acceptors (Lipinski definition) is 4. The van der Waals surface area contributed by atoms with Crippen LogP contribution in [0.5, 0.6) is 11.5 Å². The standard InChI is InChI=1S/C19H22N2O3/c1-13(2)24-17-12-20-10-8-15(17)21-18(22)19(3)9-11-23-16-7-5-4-6-14(16)19/h4-8,10,12-13H,9,11H2,1-3H3,(H,20,21,22). The van der Waals surface area contributed by atoms with E-state index in [0.717, 1.165) is 11.3 Å². The SMILES string of the molecule is CC(C)Oc1cnccc1NC(=O)C1(C)CCOc2ccccc21. The van der Waals surface area contributed by atoms with Crippen molar-refractivity contribution in [2.45, 2.75) is 38.7 Å². The van der Waals surface area contributed by atoms with Gasteiger partial charge < -0.3 is 14.8 Å². The van der Waals surface area contributed by atoms with E-state index in [0.29, 0.717) is 24.5 Å². The van der Waals surface area contributed by atoms with E-state index in [1.54, 1.807) is 18.5 Å². The molecule has 2 heterocycles. The molecule has 126 valence electrons. The fourth-order valence-electron chi connectivity index (χ4n) is 2.88. The average Bonchev–Trinajstić information content (AvgIpc) is 2.56. The molecule has 1 unspecified atom stereocenters. The van der Waals surface area contributed by atoms with Gasteiger partial charge in [-0.15, -0.1) is 0 Å². The average molecular weight is 326 g/mol. The number of hydrogen-bond donors (Lipinski definition) is 1. The molecule has 0 radical (unpaired) electrons. The lowest BCUT2D eigenvalue weighted by molar-refractivity contribution is -0.122. The van der Waals surface area contributed by atoms with Crippen LogP contribution in [0.25, 0.3) is 0 Å². The number of aromatic nitrogens is 1. The molecule has 1 aromatic carbocycles. The molecule has 0 fully saturated rings. The van der Waals surface area contributed by atoms with Gasteiger partial charge in [-0.3, -0.25) is 9.78 Å². The summed E-state index contributed by atoms with van der Waals surface area (Å²) < 4.78 is 11.4. The Labute approximate surface area is 142 Å². The minimum Gasteiger partial charge on any atom is -0.493 e. The van der Waals surface area contributed by atoms with Crippen LogP contribution in [0.2, 0.25) is 0 Å². The van der Waals surface area contributed by atoms with Gasteiger partial charge in [-0.25, -0.2) is 0 Å². The number of anilines is 1. The molecule has 1 aliphatic heterocycles. The highest BCUT2D eigenvalue weighted by molar-refractivity contribution is 6.00. The Morgan fingerprint density at radius 2 is 2.12 bits per heavy atom. The van der Waals surface area contributed by atoms with Gasteiger partial charge in [0.05, 0.1) is 30.0 Å². The maximum atomic E-state index is 13.0. The molecule has 1 aromatic heterocycles. The fraction of sp³-hybridized carbons (Fsp3) is 0.368. The largest absolute Gasteiger partial charge is 0.493 e. The number of fused-ring (bicyclic) bond motifs is 1. The van der Waals surface area contributed by atoms with Crippen molar-refractivity contribution in [1.29, 1.82) is 0 Å². The van der Waals surface area contributed by atoms with E-state index in [9.17, 15) is 4.79 Å². The van der Waals surface area contributed by atoms with Crippen molar-refractivity contribution < 1.29 is 14.3 Å². The van der Waals surface area contributed by atoms with Gasteiger partial charge in [0.1, 0.15) is 5.75 Å². The van der Waals surface area contributed by atoms with Gasteiger partial charge in [0.25, 0.3) is 0 Å². The Hall–Kier alpha value is -2.56. The fourth-order valence-corrected chi connectivity index (χ4v) is 2.88. The van der Waals surface area contributed by atoms with Crippen LogP contribution >= 0.6 is 0 Å². The Bertz CT molecular complexity index is 745. The van der Waals surface area contributed by atoms with E-state index < -0.39 is 5.41 Å². The lowest BCUT2D eigenvalue weighted by atomic mass is 9.77. The third-order valence-corrected chi connectivity index (χ3v) is 4.24. The molecule has 5 heteroatoms. The number of carbonyl (C=O) groups excluding carboxylic acids is 1. The number of para-hydroxylation sites is 1. The third kappa shape index (κ3) is 3.07. The van der Waals surface area contributed by atoms with E-state index in [1.165, 1.54) is 0 Å². The van der Waals surface area contributed by atoms with Crippen molar-refractivity contribution in [1.82, 2.24) is 4.98 Å². The zero-order valence-corrected chi connectivity index (χ0v) is 14.2. The zero-order chi connectivity index (χ0) is 17.2. The summed E-state index contributed by atoms with van der Waals surface area (Å²) in [5, 5.41) is 3.01. The first-order chi connectivity index (χ1) is 11.5. The molecule has 24 heavy (non-hydrogen) atoms. The van der Waals surface area contributed by atoms with Crippen molar-refractivity contribution in [2.75, 3.05) is 11.9 Å². The summed E-state index contributed by atoms with van der Waals surface area (Å²) in [6, 6.07) is 9.45. The molecule has 3 rings (SSSR count). The third-order valence-electron chi connectivity index (χ3n) is 4.24. The van der Waals surface area contributed by atoms with Crippen LogP contribution in [0, 0.1) is 0 Å². The first-order valence-electron chi connectivity index (χ1n) is 8.15. The number of benzene rings is 1. The molecular formula is C19H22N2O3. The van der Waals surface area contributed by atoms with Gasteiger partial charge >= 0.3 is 0 Å². The summed E-state index contributed by atoms with van der Waals surface area (Å²) >= 11 is 0. The Kier molecular flexibility index (Phi) is 4.42. The maximum absolute atomic E-state index is 13.0. The highest BCUT2D eigenvalue weighted by Crippen LogP contribution is 2.39. The second kappa shape index (κ2) is 6.51. The summed E-state index contributed by atoms with van der Waals surface area (Å²) in [5.41, 5.74) is 0.899. The van der Waals surface area contributed by atoms with Crippen LogP contribution in [0.3, 0.4) is 0 Å². The predicted octanol–water partition coefficient (Wildman–Crippen LogP) is 3.55. The van der Waals surface area contributed by atoms with Crippen molar-refractivity contribution in [3.63, 3.8) is 0 Å². The minimum absolute atomic E-state index is 0.00393. The van der Waals surface area contributed by atoms with Crippen molar-refractivity contribution in [3.8, 4) is 11.5 Å². The van der Waals surface area contributed by atoms with Gasteiger partial charge in [-0.2, -0.15) is 0 Å². The number of amides is 1. The van der Waals surface area contributed by atoms with Gasteiger partial charge in [0.2, 0.25) is 5.91 Å². The minimum atomic E-state index is -0.646. The molecule has 0 saturated carbocycles. The van der Waals surface area contributed by atoms with E-state index >= 15 is 0 Å². The molecule has 2 aromatic rings. The first-order valence-corrected chi connectivity index (χ1v) is 8.15. The molecule has 5 nitrogen and oxygen atoms in total. The molecule has 0 bridgehead atoms. The van der Waals surface area contributed by atoms with Gasteiger partial charge in [0, 0.05) is 11.8 Å². The van der Waals surface area contributed by atoms with E-state index in [-0.39, 0.29) is 12.0 Å². The summed E-state index contributed by atoms with van der Waals surface area (Å²) in [5.74, 6) is 1.28. The smallest absolute Gasteiger partial charge is 0.235 e. The molecule has 1 N–H and O–H groups in total. The lowest BCUT2D eigenvalue weighted by Gasteiger charge is -2.34. The van der Waals surface area contributed by atoms with Crippen LogP contribution in [0.15, 0.2) is 42.7 Å². The van der Waals surface area contributed by atoms with Crippen molar-refractivity contribution >= 4 is 11.6 Å². The number of nitrogens with zero attached hydrogens (tertiary/aromatic N) is 1. The first kappa shape index (κ1) is 16.3. The Balaban J connectivity index is 1.89. The molecule has 0 saturated heterocycles. The zero-order valence-electron chi connectivity index (χ0n) is 14.2. The number of pyridine rings is 1. The maximum Gasteiger partial charge on any atom is 0.235 e. The van der Waals surface area contributed by atoms with Crippen LogP contribution in [-0.4, -0.2) is 23.6 Å². The van der Waals surface area contributed by atoms with Gasteiger partial charge in [-0.1, -0.05) is 18.2 Å².